The van der Waals surface area contributed by atoms with Gasteiger partial charge in [-0.1, -0.05) is 18.5 Å². The summed E-state index contributed by atoms with van der Waals surface area (Å²) in [5.41, 5.74) is 0. The standard InChI is InChI=1S/C14H19ClN2O5S/c1-10(14(19)20)8-16(2)13(18)9-17(3)23(21,22)12-6-4-11(15)5-7-12/h4-7,10H,8-9H2,1-3H3,(H,19,20). The fraction of sp³-hybridized carbons (Fsp3) is 0.429. The molecule has 0 saturated heterocycles. The van der Waals surface area contributed by atoms with Gasteiger partial charge in [0.05, 0.1) is 17.4 Å². The van der Waals surface area contributed by atoms with Gasteiger partial charge < -0.3 is 10.0 Å². The lowest BCUT2D eigenvalue weighted by molar-refractivity contribution is -0.142. The predicted octanol–water partition coefficient (Wildman–Crippen LogP) is 1.14. The Bertz CT molecular complexity index is 675. The molecule has 1 aromatic carbocycles. The average Bonchev–Trinajstić information content (AvgIpc) is 2.47. The first-order valence-corrected chi connectivity index (χ1v) is 8.56. The van der Waals surface area contributed by atoms with E-state index < -0.39 is 27.8 Å². The Morgan fingerprint density at radius 3 is 2.22 bits per heavy atom. The molecule has 1 amide bonds. The SMILES string of the molecule is CC(CN(C)C(=O)CN(C)S(=O)(=O)c1ccc(Cl)cc1)C(=O)O. The Balaban J connectivity index is 2.77. The van der Waals surface area contributed by atoms with Crippen LogP contribution in [-0.4, -0.2) is 61.8 Å². The fourth-order valence-corrected chi connectivity index (χ4v) is 3.02. The minimum absolute atomic E-state index is 0.00298. The largest absolute Gasteiger partial charge is 0.481 e. The first kappa shape index (κ1) is 19.4. The first-order valence-electron chi connectivity index (χ1n) is 6.74. The van der Waals surface area contributed by atoms with Crippen LogP contribution in [0.3, 0.4) is 0 Å². The van der Waals surface area contributed by atoms with Crippen molar-refractivity contribution in [2.45, 2.75) is 11.8 Å². The van der Waals surface area contributed by atoms with Crippen LogP contribution in [0.5, 0.6) is 0 Å². The number of likely N-dealkylation sites (N-methyl/N-ethyl adjacent to an activating group) is 2. The van der Waals surface area contributed by atoms with E-state index in [2.05, 4.69) is 0 Å². The van der Waals surface area contributed by atoms with Gasteiger partial charge in [0, 0.05) is 25.7 Å². The van der Waals surface area contributed by atoms with Gasteiger partial charge in [-0.3, -0.25) is 9.59 Å². The van der Waals surface area contributed by atoms with Crippen molar-refractivity contribution in [2.75, 3.05) is 27.2 Å². The van der Waals surface area contributed by atoms with Gasteiger partial charge in [0.25, 0.3) is 0 Å². The molecule has 0 aliphatic carbocycles. The summed E-state index contributed by atoms with van der Waals surface area (Å²) in [7, 11) is -1.10. The van der Waals surface area contributed by atoms with Crippen LogP contribution in [0.15, 0.2) is 29.2 Å². The van der Waals surface area contributed by atoms with Crippen LogP contribution in [0.1, 0.15) is 6.92 Å². The lowest BCUT2D eigenvalue weighted by Gasteiger charge is -2.23. The number of sulfonamides is 1. The molecular weight excluding hydrogens is 344 g/mol. The van der Waals surface area contributed by atoms with Crippen LogP contribution in [0.2, 0.25) is 5.02 Å². The van der Waals surface area contributed by atoms with E-state index in [9.17, 15) is 18.0 Å². The van der Waals surface area contributed by atoms with Crippen molar-refractivity contribution in [1.29, 1.82) is 0 Å². The number of rotatable bonds is 7. The van der Waals surface area contributed by atoms with Crippen molar-refractivity contribution in [2.24, 2.45) is 5.92 Å². The summed E-state index contributed by atoms with van der Waals surface area (Å²) in [4.78, 5) is 24.1. The Morgan fingerprint density at radius 1 is 1.22 bits per heavy atom. The summed E-state index contributed by atoms with van der Waals surface area (Å²) >= 11 is 5.72. The van der Waals surface area contributed by atoms with Crippen molar-refractivity contribution in [3.8, 4) is 0 Å². The minimum Gasteiger partial charge on any atom is -0.481 e. The molecule has 128 valence electrons. The molecule has 0 bridgehead atoms. The molecule has 1 atom stereocenters. The van der Waals surface area contributed by atoms with E-state index in [1.54, 1.807) is 0 Å². The van der Waals surface area contributed by atoms with Crippen molar-refractivity contribution in [1.82, 2.24) is 9.21 Å². The molecule has 9 heteroatoms. The summed E-state index contributed by atoms with van der Waals surface area (Å²) in [5.74, 6) is -2.24. The Hall–Kier alpha value is -1.64. The third kappa shape index (κ3) is 5.19. The van der Waals surface area contributed by atoms with Gasteiger partial charge in [0.15, 0.2) is 0 Å². The summed E-state index contributed by atoms with van der Waals surface area (Å²) in [5, 5.41) is 9.25. The summed E-state index contributed by atoms with van der Waals surface area (Å²) in [6, 6.07) is 5.61. The molecule has 0 heterocycles. The number of amides is 1. The number of carbonyl (C=O) groups excluding carboxylic acids is 1. The second-order valence-corrected chi connectivity index (χ2v) is 7.71. The molecule has 0 aliphatic heterocycles. The van der Waals surface area contributed by atoms with Gasteiger partial charge in [0.2, 0.25) is 15.9 Å². The van der Waals surface area contributed by atoms with Crippen LogP contribution in [0.4, 0.5) is 0 Å². The van der Waals surface area contributed by atoms with E-state index in [1.165, 1.54) is 50.2 Å². The van der Waals surface area contributed by atoms with Crippen molar-refractivity contribution in [3.05, 3.63) is 29.3 Å². The van der Waals surface area contributed by atoms with Gasteiger partial charge in [-0.15, -0.1) is 0 Å². The van der Waals surface area contributed by atoms with Crippen LogP contribution in [0, 0.1) is 5.92 Å². The number of hydrogen-bond acceptors (Lipinski definition) is 4. The second kappa shape index (κ2) is 7.76. The van der Waals surface area contributed by atoms with Gasteiger partial charge in [-0.05, 0) is 24.3 Å². The third-order valence-electron chi connectivity index (χ3n) is 3.27. The molecule has 0 saturated carbocycles. The van der Waals surface area contributed by atoms with Crippen LogP contribution in [0.25, 0.3) is 0 Å². The van der Waals surface area contributed by atoms with Gasteiger partial charge in [-0.2, -0.15) is 4.31 Å². The van der Waals surface area contributed by atoms with Crippen LogP contribution < -0.4 is 0 Å². The zero-order chi connectivity index (χ0) is 17.8. The molecule has 7 nitrogen and oxygen atoms in total. The topological polar surface area (TPSA) is 95.0 Å². The fourth-order valence-electron chi connectivity index (χ4n) is 1.77. The highest BCUT2D eigenvalue weighted by molar-refractivity contribution is 7.89. The van der Waals surface area contributed by atoms with E-state index in [1.807, 2.05) is 0 Å². The average molecular weight is 363 g/mol. The molecule has 0 aromatic heterocycles. The van der Waals surface area contributed by atoms with Crippen molar-refractivity contribution in [3.63, 3.8) is 0 Å². The van der Waals surface area contributed by atoms with Crippen LogP contribution in [-0.2, 0) is 19.6 Å². The van der Waals surface area contributed by atoms with Crippen molar-refractivity contribution < 1.29 is 23.1 Å². The molecule has 0 aliphatic rings. The third-order valence-corrected chi connectivity index (χ3v) is 5.34. The van der Waals surface area contributed by atoms with E-state index in [0.717, 1.165) is 4.31 Å². The maximum Gasteiger partial charge on any atom is 0.308 e. The number of hydrogen-bond donors (Lipinski definition) is 1. The molecular formula is C14H19ClN2O5S. The Kier molecular flexibility index (Phi) is 6.55. The van der Waals surface area contributed by atoms with E-state index in [4.69, 9.17) is 16.7 Å². The predicted molar refractivity (Wildman–Crippen MR) is 85.7 cm³/mol. The molecule has 0 fully saturated rings. The Morgan fingerprint density at radius 2 is 1.74 bits per heavy atom. The number of carboxylic acid groups (broad SMARTS) is 1. The lowest BCUT2D eigenvalue weighted by atomic mass is 10.2. The smallest absolute Gasteiger partial charge is 0.308 e. The summed E-state index contributed by atoms with van der Waals surface area (Å²) in [6.45, 7) is 1.09. The summed E-state index contributed by atoms with van der Waals surface area (Å²) < 4.78 is 25.6. The normalized spacial score (nSPS) is 12.9. The van der Waals surface area contributed by atoms with E-state index in [0.29, 0.717) is 5.02 Å². The molecule has 23 heavy (non-hydrogen) atoms. The maximum absolute atomic E-state index is 12.3. The van der Waals surface area contributed by atoms with Gasteiger partial charge in [-0.25, -0.2) is 8.42 Å². The van der Waals surface area contributed by atoms with Gasteiger partial charge in [0.1, 0.15) is 0 Å². The Labute approximate surface area is 140 Å². The minimum atomic E-state index is -3.82. The lowest BCUT2D eigenvalue weighted by Crippen LogP contribution is -2.41. The number of aliphatic carboxylic acids is 1. The van der Waals surface area contributed by atoms with Crippen molar-refractivity contribution >= 4 is 33.5 Å². The molecule has 1 unspecified atom stereocenters. The number of benzene rings is 1. The number of nitrogens with zero attached hydrogens (tertiary/aromatic N) is 2. The zero-order valence-corrected chi connectivity index (χ0v) is 14.6. The molecule has 0 radical (unpaired) electrons. The summed E-state index contributed by atoms with van der Waals surface area (Å²) in [6.07, 6.45) is 0. The number of halogens is 1. The highest BCUT2D eigenvalue weighted by Gasteiger charge is 2.25. The quantitative estimate of drug-likeness (QED) is 0.784. The molecule has 1 rings (SSSR count). The zero-order valence-electron chi connectivity index (χ0n) is 13.1. The van der Waals surface area contributed by atoms with E-state index in [-0.39, 0.29) is 18.0 Å². The molecule has 1 N–H and O–H groups in total. The highest BCUT2D eigenvalue weighted by Crippen LogP contribution is 2.17. The van der Waals surface area contributed by atoms with E-state index >= 15 is 0 Å². The first-order chi connectivity index (χ1) is 10.6. The number of carbonyl (C=O) groups is 2. The second-order valence-electron chi connectivity index (χ2n) is 5.23. The number of carboxylic acids is 1. The molecule has 1 aromatic rings. The van der Waals surface area contributed by atoms with Gasteiger partial charge >= 0.3 is 5.97 Å². The maximum atomic E-state index is 12.3. The van der Waals surface area contributed by atoms with Crippen LogP contribution >= 0.6 is 11.6 Å². The molecule has 0 spiro atoms. The highest BCUT2D eigenvalue weighted by atomic mass is 35.5. The monoisotopic (exact) mass is 362 g/mol.